The number of amides is 1. The molecule has 0 saturated carbocycles. The molecule has 0 spiro atoms. The molecule has 0 radical (unpaired) electrons. The Morgan fingerprint density at radius 1 is 1.24 bits per heavy atom. The Hall–Kier alpha value is -2.60. The van der Waals surface area contributed by atoms with Crippen molar-refractivity contribution in [3.8, 4) is 11.8 Å². The number of carbonyl (C=O) groups is 1. The van der Waals surface area contributed by atoms with Gasteiger partial charge in [-0.05, 0) is 48.4 Å². The number of anilines is 1. The van der Waals surface area contributed by atoms with Gasteiger partial charge in [-0.25, -0.2) is 8.42 Å². The molecule has 0 bridgehead atoms. The Balaban J connectivity index is 2.02. The second-order valence-corrected chi connectivity index (χ2v) is 9.25. The molecule has 0 aliphatic rings. The smallest absolute Gasteiger partial charge is 0.243 e. The van der Waals surface area contributed by atoms with Crippen LogP contribution in [0.5, 0.6) is 5.75 Å². The third kappa shape index (κ3) is 6.19. The third-order valence-corrected chi connectivity index (χ3v) is 5.96. The molecule has 2 aromatic carbocycles. The highest BCUT2D eigenvalue weighted by molar-refractivity contribution is 7.89. The number of hydrogen-bond donors (Lipinski definition) is 1. The highest BCUT2D eigenvalue weighted by atomic mass is 35.5. The number of benzene rings is 2. The van der Waals surface area contributed by atoms with Gasteiger partial charge in [0.15, 0.2) is 0 Å². The number of nitrogens with one attached hydrogen (secondary N) is 1. The molecule has 0 heterocycles. The second-order valence-electron chi connectivity index (χ2n) is 6.80. The monoisotopic (exact) mass is 435 g/mol. The maximum atomic E-state index is 12.6. The van der Waals surface area contributed by atoms with Crippen LogP contribution in [0.2, 0.25) is 5.02 Å². The minimum Gasteiger partial charge on any atom is -0.492 e. The van der Waals surface area contributed by atoms with Gasteiger partial charge in [0, 0.05) is 12.7 Å². The number of carbonyl (C=O) groups excluding carboxylic acids is 1. The first-order chi connectivity index (χ1) is 13.6. The predicted molar refractivity (Wildman–Crippen MR) is 111 cm³/mol. The minimum atomic E-state index is -3.86. The molecule has 0 aromatic heterocycles. The highest BCUT2D eigenvalue weighted by Crippen LogP contribution is 2.28. The van der Waals surface area contributed by atoms with E-state index in [0.717, 1.165) is 4.31 Å². The van der Waals surface area contributed by atoms with E-state index in [1.807, 2.05) is 19.9 Å². The lowest BCUT2D eigenvalue weighted by Gasteiger charge is -2.17. The van der Waals surface area contributed by atoms with Crippen molar-refractivity contribution in [2.75, 3.05) is 25.5 Å². The molecule has 0 unspecified atom stereocenters. The van der Waals surface area contributed by atoms with Crippen LogP contribution < -0.4 is 10.1 Å². The summed E-state index contributed by atoms with van der Waals surface area (Å²) in [5, 5.41) is 11.8. The molecule has 2 aromatic rings. The lowest BCUT2D eigenvalue weighted by Crippen LogP contribution is -2.34. The molecule has 29 heavy (non-hydrogen) atoms. The van der Waals surface area contributed by atoms with E-state index < -0.39 is 15.9 Å². The lowest BCUT2D eigenvalue weighted by molar-refractivity contribution is -0.116. The van der Waals surface area contributed by atoms with Gasteiger partial charge < -0.3 is 10.1 Å². The second kappa shape index (κ2) is 9.74. The minimum absolute atomic E-state index is 0.00139. The number of halogens is 1. The summed E-state index contributed by atoms with van der Waals surface area (Å²) in [5.74, 6) is 0.342. The van der Waals surface area contributed by atoms with Crippen molar-refractivity contribution in [1.29, 1.82) is 5.26 Å². The molecule has 0 fully saturated rings. The SMILES string of the molecule is CC(C)COc1ccc(NC(=O)CN(C)S(=O)(=O)c2ccc(C#N)cc2)cc1Cl. The summed E-state index contributed by atoms with van der Waals surface area (Å²) >= 11 is 6.17. The van der Waals surface area contributed by atoms with E-state index in [2.05, 4.69) is 5.32 Å². The number of nitrogens with zero attached hydrogens (tertiary/aromatic N) is 2. The number of likely N-dealkylation sites (N-methyl/N-ethyl adjacent to an activating group) is 1. The lowest BCUT2D eigenvalue weighted by atomic mass is 10.2. The molecule has 0 saturated heterocycles. The Labute approximate surface area is 175 Å². The first-order valence-electron chi connectivity index (χ1n) is 8.82. The fourth-order valence-corrected chi connectivity index (χ4v) is 3.68. The van der Waals surface area contributed by atoms with Gasteiger partial charge in [0.05, 0.1) is 34.7 Å². The molecule has 1 amide bonds. The molecule has 9 heteroatoms. The van der Waals surface area contributed by atoms with Crippen LogP contribution in [0.25, 0.3) is 0 Å². The van der Waals surface area contributed by atoms with Crippen molar-refractivity contribution in [3.63, 3.8) is 0 Å². The van der Waals surface area contributed by atoms with Crippen LogP contribution in [0, 0.1) is 17.2 Å². The predicted octanol–water partition coefficient (Wildman–Crippen LogP) is 3.51. The molecule has 2 rings (SSSR count). The molecule has 0 aliphatic heterocycles. The van der Waals surface area contributed by atoms with E-state index in [4.69, 9.17) is 21.6 Å². The largest absolute Gasteiger partial charge is 0.492 e. The zero-order valence-electron chi connectivity index (χ0n) is 16.3. The Bertz CT molecular complexity index is 1020. The van der Waals surface area contributed by atoms with Gasteiger partial charge in [0.25, 0.3) is 0 Å². The molecule has 154 valence electrons. The Morgan fingerprint density at radius 2 is 1.90 bits per heavy atom. The molecule has 1 N–H and O–H groups in total. The zero-order valence-corrected chi connectivity index (χ0v) is 17.9. The standard InChI is InChI=1S/C20H22ClN3O4S/c1-14(2)13-28-19-9-6-16(10-18(19)21)23-20(25)12-24(3)29(26,27)17-7-4-15(11-22)5-8-17/h4-10,14H,12-13H2,1-3H3,(H,23,25). The summed E-state index contributed by atoms with van der Waals surface area (Å²) in [6.45, 7) is 4.17. The fourth-order valence-electron chi connectivity index (χ4n) is 2.32. The van der Waals surface area contributed by atoms with E-state index in [9.17, 15) is 13.2 Å². The Morgan fingerprint density at radius 3 is 2.45 bits per heavy atom. The summed E-state index contributed by atoms with van der Waals surface area (Å²) in [7, 11) is -2.56. The van der Waals surface area contributed by atoms with Crippen LogP contribution in [-0.2, 0) is 14.8 Å². The van der Waals surface area contributed by atoms with Gasteiger partial charge in [0.2, 0.25) is 15.9 Å². The van der Waals surface area contributed by atoms with Crippen molar-refractivity contribution in [2.24, 2.45) is 5.92 Å². The summed E-state index contributed by atoms with van der Waals surface area (Å²) in [6.07, 6.45) is 0. The molecular weight excluding hydrogens is 414 g/mol. The van der Waals surface area contributed by atoms with Crippen LogP contribution in [0.4, 0.5) is 5.69 Å². The maximum Gasteiger partial charge on any atom is 0.243 e. The normalized spacial score (nSPS) is 11.3. The first-order valence-corrected chi connectivity index (χ1v) is 10.6. The van der Waals surface area contributed by atoms with Crippen molar-refractivity contribution in [1.82, 2.24) is 4.31 Å². The van der Waals surface area contributed by atoms with Gasteiger partial charge in [-0.3, -0.25) is 4.79 Å². The summed E-state index contributed by atoms with van der Waals surface area (Å²) in [5.41, 5.74) is 0.781. The summed E-state index contributed by atoms with van der Waals surface area (Å²) < 4.78 is 31.7. The van der Waals surface area contributed by atoms with Crippen LogP contribution in [0.15, 0.2) is 47.4 Å². The van der Waals surface area contributed by atoms with Crippen LogP contribution >= 0.6 is 11.6 Å². The van der Waals surface area contributed by atoms with E-state index in [-0.39, 0.29) is 11.4 Å². The summed E-state index contributed by atoms with van der Waals surface area (Å²) in [4.78, 5) is 12.3. The van der Waals surface area contributed by atoms with Gasteiger partial charge in [0.1, 0.15) is 5.75 Å². The van der Waals surface area contributed by atoms with Crippen LogP contribution in [0.1, 0.15) is 19.4 Å². The average Bonchev–Trinajstić information content (AvgIpc) is 2.67. The van der Waals surface area contributed by atoms with E-state index in [1.54, 1.807) is 18.2 Å². The zero-order chi connectivity index (χ0) is 21.6. The van der Waals surface area contributed by atoms with Gasteiger partial charge >= 0.3 is 0 Å². The number of sulfonamides is 1. The van der Waals surface area contributed by atoms with Crippen LogP contribution in [0.3, 0.4) is 0 Å². The van der Waals surface area contributed by atoms with Crippen molar-refractivity contribution in [2.45, 2.75) is 18.7 Å². The molecular formula is C20H22ClN3O4S. The number of nitriles is 1. The topological polar surface area (TPSA) is 99.5 Å². The molecule has 7 nitrogen and oxygen atoms in total. The average molecular weight is 436 g/mol. The van der Waals surface area contributed by atoms with Crippen LogP contribution in [-0.4, -0.2) is 38.8 Å². The fraction of sp³-hybridized carbons (Fsp3) is 0.300. The number of ether oxygens (including phenoxy) is 1. The number of hydrogen-bond acceptors (Lipinski definition) is 5. The van der Waals surface area contributed by atoms with Crippen molar-refractivity contribution < 1.29 is 17.9 Å². The van der Waals surface area contributed by atoms with E-state index in [0.29, 0.717) is 34.5 Å². The maximum absolute atomic E-state index is 12.6. The van der Waals surface area contributed by atoms with Gasteiger partial charge in [-0.15, -0.1) is 0 Å². The highest BCUT2D eigenvalue weighted by Gasteiger charge is 2.23. The van der Waals surface area contributed by atoms with Crippen molar-refractivity contribution in [3.05, 3.63) is 53.1 Å². The van der Waals surface area contributed by atoms with E-state index in [1.165, 1.54) is 31.3 Å². The quantitative estimate of drug-likeness (QED) is 0.683. The number of rotatable bonds is 8. The van der Waals surface area contributed by atoms with Gasteiger partial charge in [-0.1, -0.05) is 25.4 Å². The van der Waals surface area contributed by atoms with E-state index >= 15 is 0 Å². The van der Waals surface area contributed by atoms with Gasteiger partial charge in [-0.2, -0.15) is 9.57 Å². The summed E-state index contributed by atoms with van der Waals surface area (Å²) in [6, 6.07) is 12.2. The Kier molecular flexibility index (Phi) is 7.62. The van der Waals surface area contributed by atoms with Crippen molar-refractivity contribution >= 4 is 33.2 Å². The molecule has 0 atom stereocenters. The third-order valence-electron chi connectivity index (χ3n) is 3.85. The molecule has 0 aliphatic carbocycles. The first kappa shape index (κ1) is 22.7.